The molecule has 0 fully saturated rings. The van der Waals surface area contributed by atoms with Crippen molar-refractivity contribution < 1.29 is 10.2 Å². The molecule has 100 valence electrons. The number of hydrogen-bond acceptors (Lipinski definition) is 5. The Morgan fingerprint density at radius 3 is 2.68 bits per heavy atom. The van der Waals surface area contributed by atoms with Crippen LogP contribution >= 0.6 is 35.4 Å². The van der Waals surface area contributed by atoms with Crippen LogP contribution in [0.5, 0.6) is 11.5 Å². The third-order valence-electron chi connectivity index (χ3n) is 2.32. The normalized spacial score (nSPS) is 11.3. The van der Waals surface area contributed by atoms with Gasteiger partial charge in [-0.15, -0.1) is 0 Å². The fourth-order valence-electron chi connectivity index (χ4n) is 1.34. The van der Waals surface area contributed by atoms with Crippen molar-refractivity contribution >= 4 is 41.6 Å². The van der Waals surface area contributed by atoms with Crippen LogP contribution in [0, 0.1) is 11.7 Å². The molecule has 1 aromatic carbocycles. The van der Waals surface area contributed by atoms with Gasteiger partial charge < -0.3 is 10.2 Å². The van der Waals surface area contributed by atoms with Gasteiger partial charge in [0.25, 0.3) is 0 Å². The molecule has 0 bridgehead atoms. The van der Waals surface area contributed by atoms with E-state index in [1.165, 1.54) is 17.0 Å². The molecule has 0 unspecified atom stereocenters. The molecule has 6 nitrogen and oxygen atoms in total. The Kier molecular flexibility index (Phi) is 3.79. The molecule has 0 aliphatic rings. The molecule has 0 atom stereocenters. The number of aryl methyl sites for hydroxylation is 1. The van der Waals surface area contributed by atoms with Crippen LogP contribution in [0.3, 0.4) is 0 Å². The highest BCUT2D eigenvalue weighted by molar-refractivity contribution is 7.71. The van der Waals surface area contributed by atoms with Gasteiger partial charge in [0.15, 0.2) is 5.75 Å². The SMILES string of the molecule is Cc1n[nH]c(=S)n1/N=C\c1cc(Cl)c(O)c(Cl)c1O. The molecule has 0 radical (unpaired) electrons. The highest BCUT2D eigenvalue weighted by Gasteiger charge is 2.13. The van der Waals surface area contributed by atoms with Gasteiger partial charge >= 0.3 is 0 Å². The molecule has 2 aromatic rings. The number of halogens is 2. The van der Waals surface area contributed by atoms with Crippen LogP contribution < -0.4 is 0 Å². The first-order valence-corrected chi connectivity index (χ1v) is 6.16. The van der Waals surface area contributed by atoms with Gasteiger partial charge in [-0.2, -0.15) is 14.9 Å². The highest BCUT2D eigenvalue weighted by Crippen LogP contribution is 2.40. The van der Waals surface area contributed by atoms with Crippen molar-refractivity contribution in [2.75, 3.05) is 0 Å². The highest BCUT2D eigenvalue weighted by atomic mass is 35.5. The van der Waals surface area contributed by atoms with E-state index in [0.717, 1.165) is 0 Å². The van der Waals surface area contributed by atoms with Gasteiger partial charge in [-0.05, 0) is 25.2 Å². The number of hydrogen-bond donors (Lipinski definition) is 3. The van der Waals surface area contributed by atoms with Crippen molar-refractivity contribution in [3.63, 3.8) is 0 Å². The second kappa shape index (κ2) is 5.20. The number of nitrogens with zero attached hydrogens (tertiary/aromatic N) is 3. The summed E-state index contributed by atoms with van der Waals surface area (Å²) in [6, 6.07) is 1.33. The smallest absolute Gasteiger partial charge is 0.216 e. The van der Waals surface area contributed by atoms with Crippen molar-refractivity contribution in [1.82, 2.24) is 14.9 Å². The quantitative estimate of drug-likeness (QED) is 0.587. The van der Waals surface area contributed by atoms with E-state index in [1.807, 2.05) is 0 Å². The summed E-state index contributed by atoms with van der Waals surface area (Å²) < 4.78 is 1.67. The summed E-state index contributed by atoms with van der Waals surface area (Å²) in [5, 5.41) is 29.5. The van der Waals surface area contributed by atoms with Gasteiger partial charge in [-0.25, -0.2) is 0 Å². The fraction of sp³-hybridized carbons (Fsp3) is 0.100. The van der Waals surface area contributed by atoms with E-state index in [2.05, 4.69) is 15.3 Å². The topological polar surface area (TPSA) is 86.4 Å². The van der Waals surface area contributed by atoms with E-state index in [9.17, 15) is 10.2 Å². The molecule has 0 aliphatic carbocycles. The summed E-state index contributed by atoms with van der Waals surface area (Å²) in [7, 11) is 0. The van der Waals surface area contributed by atoms with E-state index >= 15 is 0 Å². The molecule has 19 heavy (non-hydrogen) atoms. The van der Waals surface area contributed by atoms with Crippen LogP contribution in [0.1, 0.15) is 11.4 Å². The number of nitrogens with one attached hydrogen (secondary N) is 1. The van der Waals surface area contributed by atoms with E-state index < -0.39 is 0 Å². The van der Waals surface area contributed by atoms with Crippen LogP contribution in [-0.2, 0) is 0 Å². The Morgan fingerprint density at radius 1 is 1.42 bits per heavy atom. The zero-order valence-corrected chi connectivity index (χ0v) is 11.9. The molecule has 9 heteroatoms. The summed E-state index contributed by atoms with van der Waals surface area (Å²) in [6.07, 6.45) is 1.31. The van der Waals surface area contributed by atoms with Crippen molar-refractivity contribution in [3.8, 4) is 11.5 Å². The first-order chi connectivity index (χ1) is 8.91. The van der Waals surface area contributed by atoms with Crippen molar-refractivity contribution in [3.05, 3.63) is 32.3 Å². The van der Waals surface area contributed by atoms with Crippen LogP contribution in [0.2, 0.25) is 10.0 Å². The number of benzene rings is 1. The zero-order valence-electron chi connectivity index (χ0n) is 9.55. The molecular formula is C10H8Cl2N4O2S. The standard InChI is InChI=1S/C10H8Cl2N4O2S/c1-4-14-15-10(19)16(4)13-3-5-2-6(11)9(18)7(12)8(5)17/h2-3,17-18H,1H3,(H,15,19)/b13-3-. The maximum Gasteiger partial charge on any atom is 0.216 e. The Labute approximate surface area is 122 Å². The number of aromatic amines is 1. The first-order valence-electron chi connectivity index (χ1n) is 5.00. The van der Waals surface area contributed by atoms with Crippen LogP contribution in [0.25, 0.3) is 0 Å². The number of aromatic hydroxyl groups is 2. The summed E-state index contributed by atoms with van der Waals surface area (Å²) in [5.41, 5.74) is 0.246. The minimum atomic E-state index is -0.380. The lowest BCUT2D eigenvalue weighted by atomic mass is 10.2. The third-order valence-corrected chi connectivity index (χ3v) is 3.23. The Balaban J connectivity index is 2.48. The molecule has 1 aromatic heterocycles. The molecule has 3 N–H and O–H groups in total. The summed E-state index contributed by atoms with van der Waals surface area (Å²) >= 11 is 16.5. The molecule has 0 aliphatic heterocycles. The molecule has 0 amide bonds. The molecule has 2 rings (SSSR count). The first kappa shape index (κ1) is 13.9. The molecule has 0 spiro atoms. The molecule has 0 saturated carbocycles. The lowest BCUT2D eigenvalue weighted by Gasteiger charge is -2.05. The average molecular weight is 319 g/mol. The molecule has 0 saturated heterocycles. The third kappa shape index (κ3) is 2.58. The lowest BCUT2D eigenvalue weighted by Crippen LogP contribution is -1.94. The van der Waals surface area contributed by atoms with Crippen LogP contribution in [-0.4, -0.2) is 31.3 Å². The maximum absolute atomic E-state index is 9.77. The van der Waals surface area contributed by atoms with Crippen LogP contribution in [0.4, 0.5) is 0 Å². The van der Waals surface area contributed by atoms with Gasteiger partial charge in [0.05, 0.1) is 11.2 Å². The Hall–Kier alpha value is -1.57. The van der Waals surface area contributed by atoms with Crippen LogP contribution in [0.15, 0.2) is 11.2 Å². The van der Waals surface area contributed by atoms with E-state index in [0.29, 0.717) is 10.6 Å². The second-order valence-electron chi connectivity index (χ2n) is 3.59. The average Bonchev–Trinajstić information content (AvgIpc) is 2.70. The number of H-pyrrole nitrogens is 1. The monoisotopic (exact) mass is 318 g/mol. The van der Waals surface area contributed by atoms with E-state index in [4.69, 9.17) is 35.4 Å². The van der Waals surface area contributed by atoms with Crippen molar-refractivity contribution in [2.45, 2.75) is 6.92 Å². The predicted molar refractivity (Wildman–Crippen MR) is 74.9 cm³/mol. The maximum atomic E-state index is 9.77. The minimum absolute atomic E-state index is 0.0109. The van der Waals surface area contributed by atoms with E-state index in [-0.39, 0.29) is 27.1 Å². The Morgan fingerprint density at radius 2 is 2.11 bits per heavy atom. The number of rotatable bonds is 2. The minimum Gasteiger partial charge on any atom is -0.506 e. The van der Waals surface area contributed by atoms with Crippen molar-refractivity contribution in [2.24, 2.45) is 5.10 Å². The predicted octanol–water partition coefficient (Wildman–Crippen LogP) is 2.85. The number of phenols is 2. The zero-order chi connectivity index (χ0) is 14.2. The second-order valence-corrected chi connectivity index (χ2v) is 4.76. The van der Waals surface area contributed by atoms with Gasteiger partial charge in [0.2, 0.25) is 4.77 Å². The number of aromatic nitrogens is 3. The molecular weight excluding hydrogens is 311 g/mol. The lowest BCUT2D eigenvalue weighted by molar-refractivity contribution is 0.450. The number of phenolic OH excluding ortho intramolecular Hbond substituents is 2. The molecule has 1 heterocycles. The van der Waals surface area contributed by atoms with Gasteiger partial charge in [0.1, 0.15) is 16.6 Å². The summed E-state index contributed by atoms with van der Waals surface area (Å²) in [4.78, 5) is 0. The Bertz CT molecular complexity index is 723. The summed E-state index contributed by atoms with van der Waals surface area (Å²) in [6.45, 7) is 1.71. The fourth-order valence-corrected chi connectivity index (χ4v) is 2.04. The van der Waals surface area contributed by atoms with Gasteiger partial charge in [-0.3, -0.25) is 5.10 Å². The van der Waals surface area contributed by atoms with E-state index in [1.54, 1.807) is 6.92 Å². The van der Waals surface area contributed by atoms with Gasteiger partial charge in [0, 0.05) is 5.56 Å². The van der Waals surface area contributed by atoms with Gasteiger partial charge in [-0.1, -0.05) is 23.2 Å². The summed E-state index contributed by atoms with van der Waals surface area (Å²) in [5.74, 6) is -0.147. The van der Waals surface area contributed by atoms with Crippen molar-refractivity contribution in [1.29, 1.82) is 0 Å². The largest absolute Gasteiger partial charge is 0.506 e.